The summed E-state index contributed by atoms with van der Waals surface area (Å²) in [5.41, 5.74) is 0.162. The second-order valence-electron chi connectivity index (χ2n) is 7.19. The number of nitrogens with zero attached hydrogens (tertiary/aromatic N) is 2. The largest absolute Gasteiger partial charge is 0.476 e. The van der Waals surface area contributed by atoms with Crippen molar-refractivity contribution in [2.75, 3.05) is 0 Å². The van der Waals surface area contributed by atoms with Gasteiger partial charge < -0.3 is 9.67 Å². The van der Waals surface area contributed by atoms with Gasteiger partial charge in [0.05, 0.1) is 6.33 Å². The summed E-state index contributed by atoms with van der Waals surface area (Å²) in [7, 11) is 0. The highest BCUT2D eigenvalue weighted by atomic mass is 16.4. The summed E-state index contributed by atoms with van der Waals surface area (Å²) >= 11 is 0. The van der Waals surface area contributed by atoms with E-state index in [1.807, 2.05) is 4.57 Å². The van der Waals surface area contributed by atoms with Gasteiger partial charge in [-0.2, -0.15) is 0 Å². The third-order valence-corrected chi connectivity index (χ3v) is 5.99. The quantitative estimate of drug-likeness (QED) is 0.918. The highest BCUT2D eigenvalue weighted by molar-refractivity contribution is 5.84. The topological polar surface area (TPSA) is 55.1 Å². The van der Waals surface area contributed by atoms with Crippen molar-refractivity contribution in [2.24, 2.45) is 29.6 Å². The average Bonchev–Trinajstić information content (AvgIpc) is 2.86. The number of aromatic carboxylic acids is 1. The zero-order valence-electron chi connectivity index (χ0n) is 11.7. The molecule has 1 N–H and O–H groups in total. The lowest BCUT2D eigenvalue weighted by Gasteiger charge is -2.54. The van der Waals surface area contributed by atoms with E-state index in [2.05, 4.69) is 4.98 Å². The summed E-state index contributed by atoms with van der Waals surface area (Å²) in [4.78, 5) is 14.8. The first-order chi connectivity index (χ1) is 9.69. The van der Waals surface area contributed by atoms with Gasteiger partial charge in [0.2, 0.25) is 0 Å². The molecule has 20 heavy (non-hydrogen) atoms. The first kappa shape index (κ1) is 12.4. The van der Waals surface area contributed by atoms with Crippen LogP contribution in [0, 0.1) is 29.6 Å². The molecule has 4 aliphatic rings. The molecule has 0 atom stereocenters. The molecule has 0 spiro atoms. The van der Waals surface area contributed by atoms with Gasteiger partial charge in [0.1, 0.15) is 0 Å². The number of carbonyl (C=O) groups is 1. The highest BCUT2D eigenvalue weighted by Gasteiger charge is 2.47. The highest BCUT2D eigenvalue weighted by Crippen LogP contribution is 2.57. The monoisotopic (exact) mass is 274 g/mol. The molecule has 0 aliphatic heterocycles. The first-order valence-corrected chi connectivity index (χ1v) is 7.94. The van der Waals surface area contributed by atoms with Gasteiger partial charge in [-0.15, -0.1) is 0 Å². The minimum Gasteiger partial charge on any atom is -0.476 e. The molecule has 1 aromatic heterocycles. The van der Waals surface area contributed by atoms with Crippen LogP contribution in [0.1, 0.15) is 49.0 Å². The van der Waals surface area contributed by atoms with E-state index in [-0.39, 0.29) is 5.69 Å². The number of rotatable bonds is 4. The fourth-order valence-corrected chi connectivity index (χ4v) is 5.40. The van der Waals surface area contributed by atoms with Crippen molar-refractivity contribution >= 4 is 5.97 Å². The van der Waals surface area contributed by atoms with Crippen molar-refractivity contribution in [1.82, 2.24) is 9.55 Å². The van der Waals surface area contributed by atoms with Gasteiger partial charge in [-0.1, -0.05) is 0 Å². The minimum absolute atomic E-state index is 0.162. The summed E-state index contributed by atoms with van der Waals surface area (Å²) in [5, 5.41) is 8.90. The molecule has 0 radical (unpaired) electrons. The van der Waals surface area contributed by atoms with E-state index in [1.54, 1.807) is 12.5 Å². The molecule has 4 nitrogen and oxygen atoms in total. The standard InChI is InChI=1S/C16H22N2O2/c19-16(20)15-8-18(9-17-15)2-1-14-12-4-10-3-11(6-12)7-13(14)5-10/h8-14H,1-7H2,(H,19,20). The van der Waals surface area contributed by atoms with Crippen LogP contribution in [-0.4, -0.2) is 20.6 Å². The number of hydrogen-bond acceptors (Lipinski definition) is 2. The molecule has 5 rings (SSSR count). The Hall–Kier alpha value is -1.32. The van der Waals surface area contributed by atoms with Crippen LogP contribution in [0.3, 0.4) is 0 Å². The summed E-state index contributed by atoms with van der Waals surface area (Å²) < 4.78 is 1.95. The second-order valence-corrected chi connectivity index (χ2v) is 7.19. The molecule has 4 bridgehead atoms. The lowest BCUT2D eigenvalue weighted by molar-refractivity contribution is -0.0410. The lowest BCUT2D eigenvalue weighted by atomic mass is 9.51. The summed E-state index contributed by atoms with van der Waals surface area (Å²) in [6.07, 6.45) is 11.9. The Morgan fingerprint density at radius 2 is 1.85 bits per heavy atom. The molecule has 0 saturated heterocycles. The molecule has 0 amide bonds. The molecule has 108 valence electrons. The fourth-order valence-electron chi connectivity index (χ4n) is 5.40. The molecular weight excluding hydrogens is 252 g/mol. The normalized spacial score (nSPS) is 38.3. The van der Waals surface area contributed by atoms with Crippen LogP contribution in [0.5, 0.6) is 0 Å². The van der Waals surface area contributed by atoms with Gasteiger partial charge in [0.15, 0.2) is 5.69 Å². The fraction of sp³-hybridized carbons (Fsp3) is 0.750. The van der Waals surface area contributed by atoms with Gasteiger partial charge in [0, 0.05) is 12.7 Å². The SMILES string of the molecule is O=C(O)c1cn(CCC2C3CC4CC(C3)CC2C4)cn1. The maximum Gasteiger partial charge on any atom is 0.356 e. The molecule has 1 aromatic rings. The van der Waals surface area contributed by atoms with E-state index in [1.165, 1.54) is 38.5 Å². The van der Waals surface area contributed by atoms with Crippen LogP contribution < -0.4 is 0 Å². The summed E-state index contributed by atoms with van der Waals surface area (Å²) in [5.74, 6) is 3.90. The van der Waals surface area contributed by atoms with E-state index < -0.39 is 5.97 Å². The summed E-state index contributed by atoms with van der Waals surface area (Å²) in [6, 6.07) is 0. The zero-order chi connectivity index (χ0) is 13.7. The van der Waals surface area contributed by atoms with E-state index in [4.69, 9.17) is 5.11 Å². The Morgan fingerprint density at radius 1 is 1.20 bits per heavy atom. The van der Waals surface area contributed by atoms with Crippen LogP contribution in [0.4, 0.5) is 0 Å². The van der Waals surface area contributed by atoms with Crippen molar-refractivity contribution < 1.29 is 9.90 Å². The van der Waals surface area contributed by atoms with Gasteiger partial charge in [-0.3, -0.25) is 0 Å². The Labute approximate surface area is 119 Å². The van der Waals surface area contributed by atoms with Crippen molar-refractivity contribution in [3.8, 4) is 0 Å². The molecule has 0 unspecified atom stereocenters. The molecular formula is C16H22N2O2. The third-order valence-electron chi connectivity index (χ3n) is 5.99. The Kier molecular flexibility index (Phi) is 2.86. The number of aromatic nitrogens is 2. The number of hydrogen-bond donors (Lipinski definition) is 1. The number of carboxylic acid groups (broad SMARTS) is 1. The predicted octanol–water partition coefficient (Wildman–Crippen LogP) is 3.04. The maximum atomic E-state index is 10.8. The van der Waals surface area contributed by atoms with Crippen LogP contribution in [-0.2, 0) is 6.54 Å². The van der Waals surface area contributed by atoms with Crippen LogP contribution in [0.15, 0.2) is 12.5 Å². The van der Waals surface area contributed by atoms with Gasteiger partial charge in [-0.25, -0.2) is 9.78 Å². The molecule has 4 aliphatic carbocycles. The number of carboxylic acids is 1. The van der Waals surface area contributed by atoms with Crippen molar-refractivity contribution in [3.63, 3.8) is 0 Å². The second kappa shape index (κ2) is 4.61. The Bertz CT molecular complexity index is 494. The number of aryl methyl sites for hydroxylation is 1. The van der Waals surface area contributed by atoms with E-state index >= 15 is 0 Å². The molecule has 0 aromatic carbocycles. The average molecular weight is 274 g/mol. The summed E-state index contributed by atoms with van der Waals surface area (Å²) in [6.45, 7) is 0.924. The van der Waals surface area contributed by atoms with Crippen LogP contribution in [0.25, 0.3) is 0 Å². The van der Waals surface area contributed by atoms with Crippen molar-refractivity contribution in [3.05, 3.63) is 18.2 Å². The minimum atomic E-state index is -0.932. The Morgan fingerprint density at radius 3 is 2.40 bits per heavy atom. The molecule has 4 fully saturated rings. The zero-order valence-corrected chi connectivity index (χ0v) is 11.7. The van der Waals surface area contributed by atoms with Gasteiger partial charge in [0.25, 0.3) is 0 Å². The van der Waals surface area contributed by atoms with Gasteiger partial charge in [-0.05, 0) is 68.1 Å². The van der Waals surface area contributed by atoms with E-state index in [9.17, 15) is 4.79 Å². The first-order valence-electron chi connectivity index (χ1n) is 7.94. The molecule has 4 saturated carbocycles. The van der Waals surface area contributed by atoms with E-state index in [0.717, 1.165) is 36.1 Å². The van der Waals surface area contributed by atoms with Crippen LogP contribution >= 0.6 is 0 Å². The maximum absolute atomic E-state index is 10.8. The van der Waals surface area contributed by atoms with Crippen molar-refractivity contribution in [2.45, 2.75) is 45.1 Å². The molecule has 1 heterocycles. The van der Waals surface area contributed by atoms with E-state index in [0.29, 0.717) is 0 Å². The third kappa shape index (κ3) is 2.05. The lowest BCUT2D eigenvalue weighted by Crippen LogP contribution is -2.45. The molecule has 4 heteroatoms. The predicted molar refractivity (Wildman–Crippen MR) is 74.3 cm³/mol. The van der Waals surface area contributed by atoms with Crippen LogP contribution in [0.2, 0.25) is 0 Å². The smallest absolute Gasteiger partial charge is 0.356 e. The Balaban J connectivity index is 1.40. The number of imidazole rings is 1. The van der Waals surface area contributed by atoms with Crippen molar-refractivity contribution in [1.29, 1.82) is 0 Å². The van der Waals surface area contributed by atoms with Gasteiger partial charge >= 0.3 is 5.97 Å².